The van der Waals surface area contributed by atoms with E-state index in [0.29, 0.717) is 11.3 Å². The molecule has 7 nitrogen and oxygen atoms in total. The van der Waals surface area contributed by atoms with Crippen LogP contribution in [0.1, 0.15) is 15.9 Å². The lowest BCUT2D eigenvalue weighted by atomic mass is 10.2. The van der Waals surface area contributed by atoms with Crippen LogP contribution in [0.5, 0.6) is 5.75 Å². The number of hydrogen-bond acceptors (Lipinski definition) is 5. The van der Waals surface area contributed by atoms with Crippen molar-refractivity contribution in [2.24, 2.45) is 0 Å². The van der Waals surface area contributed by atoms with Gasteiger partial charge in [-0.05, 0) is 43.4 Å². The van der Waals surface area contributed by atoms with Crippen molar-refractivity contribution in [2.75, 3.05) is 6.61 Å². The molecule has 2 amide bonds. The first-order valence-electron chi connectivity index (χ1n) is 7.04. The van der Waals surface area contributed by atoms with Gasteiger partial charge in [0.1, 0.15) is 5.75 Å². The van der Waals surface area contributed by atoms with Crippen LogP contribution in [0.15, 0.2) is 48.8 Å². The number of pyridine rings is 1. The maximum atomic E-state index is 11.8. The van der Waals surface area contributed by atoms with Gasteiger partial charge in [0.2, 0.25) is 0 Å². The molecule has 1 aromatic carbocycles. The van der Waals surface area contributed by atoms with Gasteiger partial charge in [-0.3, -0.25) is 30.7 Å². The van der Waals surface area contributed by atoms with Crippen LogP contribution < -0.4 is 20.9 Å². The van der Waals surface area contributed by atoms with Gasteiger partial charge in [-0.2, -0.15) is 0 Å². The fraction of sp³-hybridized carbons (Fsp3) is 0.125. The molecule has 8 heteroatoms. The van der Waals surface area contributed by atoms with Crippen molar-refractivity contribution in [3.05, 3.63) is 59.9 Å². The first kappa shape index (κ1) is 17.4. The van der Waals surface area contributed by atoms with Gasteiger partial charge >= 0.3 is 0 Å². The van der Waals surface area contributed by atoms with Gasteiger partial charge in [0, 0.05) is 18.0 Å². The Bertz CT molecular complexity index is 720. The van der Waals surface area contributed by atoms with Gasteiger partial charge in [0.15, 0.2) is 11.7 Å². The number of hydrogen-bond donors (Lipinski definition) is 3. The van der Waals surface area contributed by atoms with Gasteiger partial charge in [0.05, 0.1) is 0 Å². The van der Waals surface area contributed by atoms with Crippen LogP contribution in [0.25, 0.3) is 0 Å². The third kappa shape index (κ3) is 5.65. The van der Waals surface area contributed by atoms with Gasteiger partial charge in [-0.15, -0.1) is 0 Å². The number of aryl methyl sites for hydroxylation is 1. The highest BCUT2D eigenvalue weighted by molar-refractivity contribution is 7.80. The molecule has 0 atom stereocenters. The zero-order valence-corrected chi connectivity index (χ0v) is 13.7. The summed E-state index contributed by atoms with van der Waals surface area (Å²) in [6.45, 7) is 1.77. The van der Waals surface area contributed by atoms with Crippen molar-refractivity contribution in [3.63, 3.8) is 0 Å². The zero-order chi connectivity index (χ0) is 17.4. The average molecular weight is 344 g/mol. The van der Waals surface area contributed by atoms with Crippen LogP contribution in [0.2, 0.25) is 0 Å². The lowest BCUT2D eigenvalue weighted by Gasteiger charge is -2.11. The molecule has 24 heavy (non-hydrogen) atoms. The largest absolute Gasteiger partial charge is 0.484 e. The molecule has 0 unspecified atom stereocenters. The highest BCUT2D eigenvalue weighted by Crippen LogP contribution is 2.10. The summed E-state index contributed by atoms with van der Waals surface area (Å²) >= 11 is 4.92. The minimum Gasteiger partial charge on any atom is -0.484 e. The standard InChI is InChI=1S/C16H16N4O3S/c1-11-2-4-13(5-3-11)23-10-14(21)18-16(24)20-19-15(22)12-6-8-17-9-7-12/h2-9H,10H2,1H3,(H,19,22)(H2,18,20,21,24). The van der Waals surface area contributed by atoms with Gasteiger partial charge in [-0.25, -0.2) is 0 Å². The van der Waals surface area contributed by atoms with Crippen LogP contribution >= 0.6 is 12.2 Å². The average Bonchev–Trinajstić information content (AvgIpc) is 2.60. The number of carbonyl (C=O) groups is 2. The second-order valence-corrected chi connectivity index (χ2v) is 5.20. The van der Waals surface area contributed by atoms with Crippen molar-refractivity contribution >= 4 is 29.1 Å². The van der Waals surface area contributed by atoms with Crippen LogP contribution in [-0.2, 0) is 4.79 Å². The molecular weight excluding hydrogens is 328 g/mol. The number of rotatable bonds is 4. The summed E-state index contributed by atoms with van der Waals surface area (Å²) in [5.41, 5.74) is 6.32. The molecule has 1 aromatic heterocycles. The van der Waals surface area contributed by atoms with E-state index in [4.69, 9.17) is 17.0 Å². The number of carbonyl (C=O) groups excluding carboxylic acids is 2. The molecule has 0 fully saturated rings. The van der Waals surface area contributed by atoms with Crippen molar-refractivity contribution < 1.29 is 14.3 Å². The van der Waals surface area contributed by atoms with Gasteiger partial charge < -0.3 is 4.74 Å². The van der Waals surface area contributed by atoms with Crippen molar-refractivity contribution in [3.8, 4) is 5.75 Å². The predicted octanol–water partition coefficient (Wildman–Crippen LogP) is 1.10. The second kappa shape index (κ2) is 8.59. The number of benzene rings is 1. The molecular formula is C16H16N4O3S. The van der Waals surface area contributed by atoms with Crippen molar-refractivity contribution in [1.82, 2.24) is 21.2 Å². The lowest BCUT2D eigenvalue weighted by Crippen LogP contribution is -2.49. The van der Waals surface area contributed by atoms with Gasteiger partial charge in [0.25, 0.3) is 11.8 Å². The molecule has 124 valence electrons. The third-order valence-corrected chi connectivity index (χ3v) is 3.08. The maximum absolute atomic E-state index is 11.8. The number of thiocarbonyl (C=S) groups is 1. The molecule has 0 aliphatic carbocycles. The Kier molecular flexibility index (Phi) is 6.21. The summed E-state index contributed by atoms with van der Waals surface area (Å²) in [5, 5.41) is 2.37. The summed E-state index contributed by atoms with van der Waals surface area (Å²) < 4.78 is 5.32. The number of nitrogens with one attached hydrogen (secondary N) is 3. The van der Waals surface area contributed by atoms with Crippen LogP contribution in [0.4, 0.5) is 0 Å². The van der Waals surface area contributed by atoms with E-state index in [1.54, 1.807) is 24.3 Å². The van der Waals surface area contributed by atoms with E-state index in [9.17, 15) is 9.59 Å². The summed E-state index contributed by atoms with van der Waals surface area (Å²) in [6.07, 6.45) is 2.99. The smallest absolute Gasteiger partial charge is 0.269 e. The summed E-state index contributed by atoms with van der Waals surface area (Å²) in [7, 11) is 0. The predicted molar refractivity (Wildman–Crippen MR) is 92.3 cm³/mol. The minimum absolute atomic E-state index is 0.0325. The molecule has 3 N–H and O–H groups in total. The van der Waals surface area contributed by atoms with Crippen LogP contribution in [0, 0.1) is 6.92 Å². The Morgan fingerprint density at radius 3 is 2.42 bits per heavy atom. The summed E-state index contributed by atoms with van der Waals surface area (Å²) in [5.74, 6) is -0.253. The Morgan fingerprint density at radius 1 is 1.08 bits per heavy atom. The van der Waals surface area contributed by atoms with E-state index in [2.05, 4.69) is 21.2 Å². The van der Waals surface area contributed by atoms with E-state index in [1.165, 1.54) is 12.4 Å². The molecule has 1 heterocycles. The van der Waals surface area contributed by atoms with E-state index in [0.717, 1.165) is 5.56 Å². The highest BCUT2D eigenvalue weighted by atomic mass is 32.1. The molecule has 0 saturated heterocycles. The second-order valence-electron chi connectivity index (χ2n) is 4.79. The monoisotopic (exact) mass is 344 g/mol. The number of ether oxygens (including phenoxy) is 1. The first-order chi connectivity index (χ1) is 11.5. The Morgan fingerprint density at radius 2 is 1.75 bits per heavy atom. The first-order valence-corrected chi connectivity index (χ1v) is 7.45. The fourth-order valence-corrected chi connectivity index (χ4v) is 1.83. The maximum Gasteiger partial charge on any atom is 0.269 e. The van der Waals surface area contributed by atoms with E-state index < -0.39 is 11.8 Å². The zero-order valence-electron chi connectivity index (χ0n) is 12.9. The van der Waals surface area contributed by atoms with Gasteiger partial charge in [-0.1, -0.05) is 17.7 Å². The summed E-state index contributed by atoms with van der Waals surface area (Å²) in [6, 6.07) is 10.4. The van der Waals surface area contributed by atoms with E-state index in [-0.39, 0.29) is 11.7 Å². The molecule has 0 saturated carbocycles. The van der Waals surface area contributed by atoms with Crippen LogP contribution in [-0.4, -0.2) is 28.5 Å². The molecule has 0 bridgehead atoms. The highest BCUT2D eigenvalue weighted by Gasteiger charge is 2.08. The lowest BCUT2D eigenvalue weighted by molar-refractivity contribution is -0.121. The molecule has 0 radical (unpaired) electrons. The number of hydrazine groups is 1. The van der Waals surface area contributed by atoms with Crippen molar-refractivity contribution in [2.45, 2.75) is 6.92 Å². The SMILES string of the molecule is Cc1ccc(OCC(=O)NC(=S)NNC(=O)c2ccncc2)cc1. The Hall–Kier alpha value is -3.00. The topological polar surface area (TPSA) is 92.4 Å². The number of amides is 2. The van der Waals surface area contributed by atoms with E-state index in [1.807, 2.05) is 19.1 Å². The van der Waals surface area contributed by atoms with E-state index >= 15 is 0 Å². The van der Waals surface area contributed by atoms with Crippen LogP contribution in [0.3, 0.4) is 0 Å². The number of nitrogens with zero attached hydrogens (tertiary/aromatic N) is 1. The quantitative estimate of drug-likeness (QED) is 0.568. The molecule has 0 aliphatic rings. The minimum atomic E-state index is -0.439. The molecule has 2 rings (SSSR count). The van der Waals surface area contributed by atoms with Crippen molar-refractivity contribution in [1.29, 1.82) is 0 Å². The molecule has 0 spiro atoms. The Labute approximate surface area is 144 Å². The fourth-order valence-electron chi connectivity index (χ4n) is 1.67. The number of aromatic nitrogens is 1. The summed E-state index contributed by atoms with van der Waals surface area (Å²) in [4.78, 5) is 27.3. The third-order valence-electron chi connectivity index (χ3n) is 2.88. The Balaban J connectivity index is 1.70. The molecule has 2 aromatic rings. The molecule has 0 aliphatic heterocycles. The normalized spacial score (nSPS) is 9.71.